The number of hydrogen-bond acceptors (Lipinski definition) is 6. The van der Waals surface area contributed by atoms with Crippen LogP contribution in [-0.4, -0.2) is 52.2 Å². The van der Waals surface area contributed by atoms with Crippen molar-refractivity contribution in [3.05, 3.63) is 71.1 Å². The molecule has 1 amide bonds. The predicted molar refractivity (Wildman–Crippen MR) is 158 cm³/mol. The lowest BCUT2D eigenvalue weighted by Crippen LogP contribution is -2.41. The summed E-state index contributed by atoms with van der Waals surface area (Å²) in [5.41, 5.74) is 4.57. The van der Waals surface area contributed by atoms with E-state index in [2.05, 4.69) is 51.0 Å². The highest BCUT2D eigenvalue weighted by Gasteiger charge is 2.32. The van der Waals surface area contributed by atoms with E-state index >= 15 is 0 Å². The fourth-order valence-electron chi connectivity index (χ4n) is 6.09. The molecule has 4 aromatic rings. The van der Waals surface area contributed by atoms with Crippen LogP contribution in [0.1, 0.15) is 54.7 Å². The second kappa shape index (κ2) is 11.6. The van der Waals surface area contributed by atoms with E-state index in [1.54, 1.807) is 25.5 Å². The van der Waals surface area contributed by atoms with Crippen LogP contribution >= 0.6 is 11.6 Å². The number of nitrogens with one attached hydrogen (secondary N) is 1. The molecular formula is C31H35ClN6O2. The van der Waals surface area contributed by atoms with E-state index in [4.69, 9.17) is 26.3 Å². The maximum absolute atomic E-state index is 12.8. The Morgan fingerprint density at radius 1 is 1.10 bits per heavy atom. The summed E-state index contributed by atoms with van der Waals surface area (Å²) in [5, 5.41) is 3.23. The van der Waals surface area contributed by atoms with Crippen LogP contribution < -0.4 is 10.2 Å². The Morgan fingerprint density at radius 2 is 1.90 bits per heavy atom. The minimum Gasteiger partial charge on any atom is -0.377 e. The van der Waals surface area contributed by atoms with E-state index < -0.39 is 0 Å². The predicted octanol–water partition coefficient (Wildman–Crippen LogP) is 5.91. The van der Waals surface area contributed by atoms with Crippen molar-refractivity contribution in [2.75, 3.05) is 31.7 Å². The smallest absolute Gasteiger partial charge is 0.269 e. The number of anilines is 1. The first-order chi connectivity index (χ1) is 19.5. The first-order valence-electron chi connectivity index (χ1n) is 14.2. The molecule has 2 fully saturated rings. The zero-order valence-electron chi connectivity index (χ0n) is 23.0. The third kappa shape index (κ3) is 5.30. The Morgan fingerprint density at radius 3 is 2.65 bits per heavy atom. The second-order valence-corrected chi connectivity index (χ2v) is 11.5. The first kappa shape index (κ1) is 26.7. The lowest BCUT2D eigenvalue weighted by Gasteiger charge is -2.37. The summed E-state index contributed by atoms with van der Waals surface area (Å²) in [6, 6.07) is 14.2. The monoisotopic (exact) mass is 558 g/mol. The molecule has 1 N–H and O–H groups in total. The summed E-state index contributed by atoms with van der Waals surface area (Å²) < 4.78 is 8.31. The minimum atomic E-state index is -0.260. The van der Waals surface area contributed by atoms with Crippen molar-refractivity contribution in [2.24, 2.45) is 11.8 Å². The van der Waals surface area contributed by atoms with Crippen LogP contribution in [-0.2, 0) is 11.3 Å². The largest absolute Gasteiger partial charge is 0.377 e. The third-order valence-corrected chi connectivity index (χ3v) is 8.50. The Bertz CT molecular complexity index is 1500. The van der Waals surface area contributed by atoms with Gasteiger partial charge in [-0.3, -0.25) is 9.78 Å². The Balaban J connectivity index is 1.56. The van der Waals surface area contributed by atoms with Gasteiger partial charge >= 0.3 is 0 Å². The van der Waals surface area contributed by atoms with Gasteiger partial charge in [-0.1, -0.05) is 61.7 Å². The molecule has 2 aliphatic rings. The summed E-state index contributed by atoms with van der Waals surface area (Å²) in [5.74, 6) is 1.93. The Kier molecular flexibility index (Phi) is 7.71. The van der Waals surface area contributed by atoms with Crippen LogP contribution in [0, 0.1) is 11.8 Å². The first-order valence-corrected chi connectivity index (χ1v) is 14.5. The van der Waals surface area contributed by atoms with Crippen LogP contribution in [0.5, 0.6) is 0 Å². The minimum absolute atomic E-state index is 0.0274. The molecule has 3 aromatic heterocycles. The number of ether oxygens (including phenoxy) is 1. The Hall–Kier alpha value is -3.49. The van der Waals surface area contributed by atoms with Crippen molar-refractivity contribution >= 4 is 34.5 Å². The van der Waals surface area contributed by atoms with Crippen molar-refractivity contribution < 1.29 is 9.53 Å². The van der Waals surface area contributed by atoms with Gasteiger partial charge < -0.3 is 19.5 Å². The highest BCUT2D eigenvalue weighted by Crippen LogP contribution is 2.38. The summed E-state index contributed by atoms with van der Waals surface area (Å²) in [6.07, 6.45) is 8.20. The van der Waals surface area contributed by atoms with Crippen molar-refractivity contribution in [1.82, 2.24) is 24.8 Å². The number of carbonyl (C=O) groups is 1. The summed E-state index contributed by atoms with van der Waals surface area (Å²) in [6.45, 7) is 5.11. The number of aromatic nitrogens is 4. The number of morpholine rings is 1. The standard InChI is InChI=1S/C31H35ClN6O2/c1-20-8-10-21(11-9-20)18-38-29-25(15-26(30(39)33-2)35-28(29)23-14-24(32)17-34-16-23)36-31(38)37-12-13-40-19-27(37)22-6-4-3-5-7-22/h3-7,14-17,20-21,27H,8-13,18-19H2,1-2H3,(H,33,39). The van der Waals surface area contributed by atoms with Crippen LogP contribution in [0.25, 0.3) is 22.3 Å². The highest BCUT2D eigenvalue weighted by molar-refractivity contribution is 6.30. The van der Waals surface area contributed by atoms with Gasteiger partial charge in [-0.2, -0.15) is 0 Å². The van der Waals surface area contributed by atoms with Crippen molar-refractivity contribution in [3.8, 4) is 11.3 Å². The molecular weight excluding hydrogens is 524 g/mol. The van der Waals surface area contributed by atoms with Gasteiger partial charge in [0.1, 0.15) is 5.69 Å². The van der Waals surface area contributed by atoms with Gasteiger partial charge in [0.15, 0.2) is 0 Å². The van der Waals surface area contributed by atoms with Gasteiger partial charge in [-0.05, 0) is 42.4 Å². The molecule has 0 bridgehead atoms. The van der Waals surface area contributed by atoms with Crippen LogP contribution in [0.2, 0.25) is 5.02 Å². The summed E-state index contributed by atoms with van der Waals surface area (Å²) in [7, 11) is 1.61. The summed E-state index contributed by atoms with van der Waals surface area (Å²) >= 11 is 6.38. The number of amides is 1. The fourth-order valence-corrected chi connectivity index (χ4v) is 6.26. The molecule has 1 aromatic carbocycles. The average Bonchev–Trinajstić information content (AvgIpc) is 3.35. The van der Waals surface area contributed by atoms with Crippen LogP contribution in [0.3, 0.4) is 0 Å². The van der Waals surface area contributed by atoms with Gasteiger partial charge in [0.25, 0.3) is 5.91 Å². The van der Waals surface area contributed by atoms with Crippen molar-refractivity contribution in [3.63, 3.8) is 0 Å². The molecule has 0 spiro atoms. The molecule has 0 radical (unpaired) electrons. The molecule has 1 aliphatic carbocycles. The Labute approximate surface area is 239 Å². The normalized spacial score (nSPS) is 21.5. The number of benzene rings is 1. The molecule has 4 heterocycles. The number of imidazole rings is 1. The zero-order chi connectivity index (χ0) is 27.6. The highest BCUT2D eigenvalue weighted by atomic mass is 35.5. The molecule has 1 aliphatic heterocycles. The van der Waals surface area contributed by atoms with E-state index in [1.807, 2.05) is 12.1 Å². The number of carbonyl (C=O) groups excluding carboxylic acids is 1. The van der Waals surface area contributed by atoms with E-state index in [9.17, 15) is 4.79 Å². The molecule has 1 saturated heterocycles. The number of hydrogen-bond donors (Lipinski definition) is 1. The molecule has 1 unspecified atom stereocenters. The lowest BCUT2D eigenvalue weighted by molar-refractivity contribution is 0.0927. The summed E-state index contributed by atoms with van der Waals surface area (Å²) in [4.78, 5) is 29.6. The molecule has 9 heteroatoms. The fraction of sp³-hybridized carbons (Fsp3) is 0.419. The van der Waals surface area contributed by atoms with Gasteiger partial charge in [0, 0.05) is 38.1 Å². The molecule has 1 atom stereocenters. The number of fused-ring (bicyclic) bond motifs is 1. The number of rotatable bonds is 6. The molecule has 6 rings (SSSR count). The zero-order valence-corrected chi connectivity index (χ0v) is 23.8. The van der Waals surface area contributed by atoms with Crippen LogP contribution in [0.4, 0.5) is 5.95 Å². The van der Waals surface area contributed by atoms with E-state index in [0.29, 0.717) is 42.1 Å². The second-order valence-electron chi connectivity index (χ2n) is 11.0. The van der Waals surface area contributed by atoms with Crippen molar-refractivity contribution in [2.45, 2.75) is 45.2 Å². The van der Waals surface area contributed by atoms with Crippen LogP contribution in [0.15, 0.2) is 54.9 Å². The van der Waals surface area contributed by atoms with Gasteiger partial charge in [0.2, 0.25) is 5.95 Å². The van der Waals surface area contributed by atoms with Gasteiger partial charge in [-0.25, -0.2) is 9.97 Å². The average molecular weight is 559 g/mol. The van der Waals surface area contributed by atoms with Crippen molar-refractivity contribution in [1.29, 1.82) is 0 Å². The van der Waals surface area contributed by atoms with E-state index in [-0.39, 0.29) is 11.9 Å². The molecule has 1 saturated carbocycles. The molecule has 8 nitrogen and oxygen atoms in total. The van der Waals surface area contributed by atoms with E-state index in [0.717, 1.165) is 35.0 Å². The topological polar surface area (TPSA) is 85.2 Å². The number of pyridine rings is 2. The SMILES string of the molecule is CNC(=O)c1cc2nc(N3CCOCC3c3ccccc3)n(CC3CCC(C)CC3)c2c(-c2cncc(Cl)c2)n1. The quantitative estimate of drug-likeness (QED) is 0.317. The lowest BCUT2D eigenvalue weighted by atomic mass is 9.83. The molecule has 208 valence electrons. The maximum atomic E-state index is 12.8. The third-order valence-electron chi connectivity index (χ3n) is 8.29. The number of nitrogens with zero attached hydrogens (tertiary/aromatic N) is 5. The van der Waals surface area contributed by atoms with E-state index in [1.165, 1.54) is 31.2 Å². The maximum Gasteiger partial charge on any atom is 0.269 e. The number of halogens is 1. The molecule has 40 heavy (non-hydrogen) atoms. The van der Waals surface area contributed by atoms with Gasteiger partial charge in [-0.15, -0.1) is 0 Å². The van der Waals surface area contributed by atoms with Gasteiger partial charge in [0.05, 0.1) is 41.0 Å².